The summed E-state index contributed by atoms with van der Waals surface area (Å²) in [5, 5.41) is 0. The normalized spacial score (nSPS) is 19.8. The van der Waals surface area contributed by atoms with Crippen molar-refractivity contribution in [3.05, 3.63) is 30.3 Å². The first-order chi connectivity index (χ1) is 6.85. The second-order valence-electron chi connectivity index (χ2n) is 4.01. The van der Waals surface area contributed by atoms with Gasteiger partial charge in [-0.05, 0) is 25.0 Å². The Bertz CT molecular complexity index is 278. The molecule has 1 aliphatic carbocycles. The van der Waals surface area contributed by atoms with E-state index in [0.717, 1.165) is 6.54 Å². The highest BCUT2D eigenvalue weighted by molar-refractivity contribution is 8.00. The molecule has 2 N–H and O–H groups in total. The van der Waals surface area contributed by atoms with E-state index >= 15 is 0 Å². The zero-order valence-corrected chi connectivity index (χ0v) is 9.22. The monoisotopic (exact) mass is 207 g/mol. The Hall–Kier alpha value is -0.470. The molecule has 1 aliphatic rings. The van der Waals surface area contributed by atoms with Crippen molar-refractivity contribution >= 4 is 11.8 Å². The second kappa shape index (κ2) is 4.37. The standard InChI is InChI=1S/C12H17NS/c13-10-12(8-4-5-9-12)14-11-6-2-1-3-7-11/h1-3,6-7H,4-5,8-10,13H2. The third kappa shape index (κ3) is 2.12. The molecule has 1 aromatic carbocycles. The minimum absolute atomic E-state index is 0.335. The Morgan fingerprint density at radius 2 is 1.79 bits per heavy atom. The van der Waals surface area contributed by atoms with Crippen LogP contribution >= 0.6 is 11.8 Å². The van der Waals surface area contributed by atoms with Crippen LogP contribution in [0.15, 0.2) is 35.2 Å². The number of nitrogens with two attached hydrogens (primary N) is 1. The molecule has 2 rings (SSSR count). The van der Waals surface area contributed by atoms with Crippen LogP contribution in [0.1, 0.15) is 25.7 Å². The van der Waals surface area contributed by atoms with Gasteiger partial charge in [-0.15, -0.1) is 11.8 Å². The third-order valence-electron chi connectivity index (χ3n) is 2.96. The maximum Gasteiger partial charge on any atom is 0.0329 e. The molecule has 1 nitrogen and oxygen atoms in total. The molecule has 0 amide bonds. The summed E-state index contributed by atoms with van der Waals surface area (Å²) in [7, 11) is 0. The smallest absolute Gasteiger partial charge is 0.0329 e. The predicted molar refractivity (Wildman–Crippen MR) is 62.6 cm³/mol. The fraction of sp³-hybridized carbons (Fsp3) is 0.500. The van der Waals surface area contributed by atoms with Gasteiger partial charge in [0.1, 0.15) is 0 Å². The Labute approximate surface area is 90.1 Å². The first-order valence-electron chi connectivity index (χ1n) is 5.29. The Morgan fingerprint density at radius 1 is 1.14 bits per heavy atom. The number of hydrogen-bond acceptors (Lipinski definition) is 2. The zero-order valence-electron chi connectivity index (χ0n) is 8.41. The molecule has 2 heteroatoms. The van der Waals surface area contributed by atoms with Gasteiger partial charge >= 0.3 is 0 Å². The van der Waals surface area contributed by atoms with E-state index in [1.807, 2.05) is 11.8 Å². The summed E-state index contributed by atoms with van der Waals surface area (Å²) >= 11 is 1.97. The van der Waals surface area contributed by atoms with Gasteiger partial charge in [-0.3, -0.25) is 0 Å². The van der Waals surface area contributed by atoms with Crippen molar-refractivity contribution in [2.24, 2.45) is 5.73 Å². The summed E-state index contributed by atoms with van der Waals surface area (Å²) in [6.07, 6.45) is 5.25. The van der Waals surface area contributed by atoms with Crippen LogP contribution in [0.25, 0.3) is 0 Å². The summed E-state index contributed by atoms with van der Waals surface area (Å²) in [6.45, 7) is 0.812. The van der Waals surface area contributed by atoms with E-state index in [1.165, 1.54) is 30.6 Å². The van der Waals surface area contributed by atoms with E-state index in [-0.39, 0.29) is 0 Å². The molecule has 1 fully saturated rings. The van der Waals surface area contributed by atoms with Crippen molar-refractivity contribution in [2.45, 2.75) is 35.3 Å². The van der Waals surface area contributed by atoms with E-state index in [4.69, 9.17) is 5.73 Å². The van der Waals surface area contributed by atoms with E-state index in [1.54, 1.807) is 0 Å². The van der Waals surface area contributed by atoms with Crippen LogP contribution in [0, 0.1) is 0 Å². The SMILES string of the molecule is NCC1(Sc2ccccc2)CCCC1. The van der Waals surface area contributed by atoms with Gasteiger partial charge in [0, 0.05) is 16.2 Å². The van der Waals surface area contributed by atoms with Gasteiger partial charge in [-0.1, -0.05) is 31.0 Å². The van der Waals surface area contributed by atoms with Crippen molar-refractivity contribution in [1.82, 2.24) is 0 Å². The lowest BCUT2D eigenvalue weighted by atomic mass is 10.1. The van der Waals surface area contributed by atoms with Crippen molar-refractivity contribution in [2.75, 3.05) is 6.54 Å². The van der Waals surface area contributed by atoms with Crippen LogP contribution in [-0.4, -0.2) is 11.3 Å². The van der Waals surface area contributed by atoms with Gasteiger partial charge in [-0.25, -0.2) is 0 Å². The fourth-order valence-corrected chi connectivity index (χ4v) is 3.48. The molecular weight excluding hydrogens is 190 g/mol. The number of thioether (sulfide) groups is 1. The molecule has 0 heterocycles. The van der Waals surface area contributed by atoms with Crippen molar-refractivity contribution < 1.29 is 0 Å². The average molecular weight is 207 g/mol. The van der Waals surface area contributed by atoms with E-state index < -0.39 is 0 Å². The van der Waals surface area contributed by atoms with Gasteiger partial charge < -0.3 is 5.73 Å². The fourth-order valence-electron chi connectivity index (χ4n) is 2.11. The molecule has 0 aromatic heterocycles. The van der Waals surface area contributed by atoms with Crippen LogP contribution in [0.3, 0.4) is 0 Å². The lowest BCUT2D eigenvalue weighted by Crippen LogP contribution is -2.30. The highest BCUT2D eigenvalue weighted by atomic mass is 32.2. The molecule has 0 saturated heterocycles. The molecule has 0 atom stereocenters. The summed E-state index contributed by atoms with van der Waals surface area (Å²) in [5.41, 5.74) is 5.90. The Morgan fingerprint density at radius 3 is 2.36 bits per heavy atom. The minimum atomic E-state index is 0.335. The molecule has 76 valence electrons. The van der Waals surface area contributed by atoms with Crippen molar-refractivity contribution in [3.8, 4) is 0 Å². The summed E-state index contributed by atoms with van der Waals surface area (Å²) < 4.78 is 0.335. The molecule has 0 aliphatic heterocycles. The van der Waals surface area contributed by atoms with Crippen LogP contribution in [-0.2, 0) is 0 Å². The van der Waals surface area contributed by atoms with E-state index in [2.05, 4.69) is 30.3 Å². The van der Waals surface area contributed by atoms with E-state index in [0.29, 0.717) is 4.75 Å². The molecule has 14 heavy (non-hydrogen) atoms. The van der Waals surface area contributed by atoms with Crippen LogP contribution in [0.2, 0.25) is 0 Å². The maximum atomic E-state index is 5.90. The second-order valence-corrected chi connectivity index (χ2v) is 5.55. The molecule has 1 aromatic rings. The first-order valence-corrected chi connectivity index (χ1v) is 6.10. The largest absolute Gasteiger partial charge is 0.329 e. The molecule has 0 spiro atoms. The summed E-state index contributed by atoms with van der Waals surface area (Å²) in [6, 6.07) is 10.6. The van der Waals surface area contributed by atoms with E-state index in [9.17, 15) is 0 Å². The minimum Gasteiger partial charge on any atom is -0.329 e. The van der Waals surface area contributed by atoms with Gasteiger partial charge in [0.2, 0.25) is 0 Å². The lowest BCUT2D eigenvalue weighted by Gasteiger charge is -2.26. The number of hydrogen-bond donors (Lipinski definition) is 1. The first kappa shape index (κ1) is 10.1. The number of benzene rings is 1. The predicted octanol–water partition coefficient (Wildman–Crippen LogP) is 3.05. The molecule has 1 saturated carbocycles. The Kier molecular flexibility index (Phi) is 3.14. The summed E-state index contributed by atoms with van der Waals surface area (Å²) in [5.74, 6) is 0. The zero-order chi connectivity index (χ0) is 9.86. The number of rotatable bonds is 3. The maximum absolute atomic E-state index is 5.90. The molecular formula is C12H17NS. The lowest BCUT2D eigenvalue weighted by molar-refractivity contribution is 0.619. The van der Waals surface area contributed by atoms with Gasteiger partial charge in [0.25, 0.3) is 0 Å². The molecule has 0 radical (unpaired) electrons. The van der Waals surface area contributed by atoms with Crippen LogP contribution in [0.4, 0.5) is 0 Å². The quantitative estimate of drug-likeness (QED) is 0.824. The van der Waals surface area contributed by atoms with Crippen molar-refractivity contribution in [3.63, 3.8) is 0 Å². The van der Waals surface area contributed by atoms with Gasteiger partial charge in [0.05, 0.1) is 0 Å². The highest BCUT2D eigenvalue weighted by Gasteiger charge is 2.33. The average Bonchev–Trinajstić information content (AvgIpc) is 2.69. The van der Waals surface area contributed by atoms with Gasteiger partial charge in [0.15, 0.2) is 0 Å². The van der Waals surface area contributed by atoms with Gasteiger partial charge in [-0.2, -0.15) is 0 Å². The topological polar surface area (TPSA) is 26.0 Å². The molecule has 0 bridgehead atoms. The third-order valence-corrected chi connectivity index (χ3v) is 4.48. The van der Waals surface area contributed by atoms with Crippen LogP contribution in [0.5, 0.6) is 0 Å². The van der Waals surface area contributed by atoms with Crippen molar-refractivity contribution in [1.29, 1.82) is 0 Å². The highest BCUT2D eigenvalue weighted by Crippen LogP contribution is 2.44. The van der Waals surface area contributed by atoms with Crippen LogP contribution < -0.4 is 5.73 Å². The summed E-state index contributed by atoms with van der Waals surface area (Å²) in [4.78, 5) is 1.36. The molecule has 0 unspecified atom stereocenters. The Balaban J connectivity index is 2.08.